The van der Waals surface area contributed by atoms with E-state index in [1.807, 2.05) is 6.07 Å². The van der Waals surface area contributed by atoms with Crippen LogP contribution in [0, 0.1) is 0 Å². The number of hydrogen-bond acceptors (Lipinski definition) is 5. The molecule has 0 radical (unpaired) electrons. The number of nitrogens with two attached hydrogens (primary N) is 1. The van der Waals surface area contributed by atoms with Crippen molar-refractivity contribution in [2.45, 2.75) is 19.6 Å². The molecule has 6 heteroatoms. The molecule has 1 heterocycles. The van der Waals surface area contributed by atoms with Gasteiger partial charge in [-0.2, -0.15) is 0 Å². The second-order valence-corrected chi connectivity index (χ2v) is 4.64. The first kappa shape index (κ1) is 15.7. The summed E-state index contributed by atoms with van der Waals surface area (Å²) >= 11 is 0. The number of carbonyl (C=O) groups excluding carboxylic acids is 2. The Balaban J connectivity index is 2.20. The predicted molar refractivity (Wildman–Crippen MR) is 81.7 cm³/mol. The van der Waals surface area contributed by atoms with E-state index >= 15 is 0 Å². The van der Waals surface area contributed by atoms with Crippen molar-refractivity contribution < 1.29 is 14.3 Å². The Morgan fingerprint density at radius 1 is 1.27 bits per heavy atom. The van der Waals surface area contributed by atoms with Crippen LogP contribution in [0.4, 0.5) is 5.82 Å². The summed E-state index contributed by atoms with van der Waals surface area (Å²) < 4.78 is 5.12. The number of amides is 1. The van der Waals surface area contributed by atoms with Crippen molar-refractivity contribution >= 4 is 17.7 Å². The highest BCUT2D eigenvalue weighted by molar-refractivity contribution is 5.95. The smallest absolute Gasteiger partial charge is 0.303 e. The number of rotatable bonds is 5. The summed E-state index contributed by atoms with van der Waals surface area (Å²) in [6.07, 6.45) is 0.531. The average molecular weight is 299 g/mol. The first-order chi connectivity index (χ1) is 10.6. The predicted octanol–water partition coefficient (Wildman–Crippen LogP) is 1.78. The van der Waals surface area contributed by atoms with Crippen LogP contribution < -0.4 is 11.1 Å². The third kappa shape index (κ3) is 4.13. The van der Waals surface area contributed by atoms with Gasteiger partial charge in [0.1, 0.15) is 5.82 Å². The van der Waals surface area contributed by atoms with Crippen LogP contribution in [0.2, 0.25) is 0 Å². The van der Waals surface area contributed by atoms with Gasteiger partial charge in [0.2, 0.25) is 6.10 Å². The van der Waals surface area contributed by atoms with Gasteiger partial charge >= 0.3 is 5.97 Å². The molecule has 1 amide bonds. The molecule has 0 saturated heterocycles. The lowest BCUT2D eigenvalue weighted by Crippen LogP contribution is -2.25. The molecule has 1 aromatic carbocycles. The fraction of sp³-hybridized carbons (Fsp3) is 0.188. The van der Waals surface area contributed by atoms with Gasteiger partial charge in [0.05, 0.1) is 0 Å². The van der Waals surface area contributed by atoms with Crippen LogP contribution in [0.15, 0.2) is 48.7 Å². The minimum Gasteiger partial charge on any atom is -0.447 e. The van der Waals surface area contributed by atoms with E-state index in [2.05, 4.69) is 10.3 Å². The van der Waals surface area contributed by atoms with Gasteiger partial charge in [0.25, 0.3) is 5.91 Å². The first-order valence-electron chi connectivity index (χ1n) is 6.78. The third-order valence-corrected chi connectivity index (χ3v) is 2.94. The van der Waals surface area contributed by atoms with Crippen LogP contribution in [0.25, 0.3) is 0 Å². The minimum absolute atomic E-state index is 0.345. The summed E-state index contributed by atoms with van der Waals surface area (Å²) in [6, 6.07) is 12.2. The van der Waals surface area contributed by atoms with Crippen molar-refractivity contribution in [1.29, 1.82) is 0 Å². The number of nitrogens with zero attached hydrogens (tertiary/aromatic N) is 1. The van der Waals surface area contributed by atoms with Gasteiger partial charge in [-0.3, -0.25) is 9.59 Å². The van der Waals surface area contributed by atoms with Gasteiger partial charge in [-0.25, -0.2) is 4.98 Å². The molecule has 0 bridgehead atoms. The molecule has 0 spiro atoms. The number of benzene rings is 1. The molecule has 0 saturated carbocycles. The Kier molecular flexibility index (Phi) is 5.21. The number of carbonyl (C=O) groups is 2. The monoisotopic (exact) mass is 299 g/mol. The molecule has 0 fully saturated rings. The number of nitrogens with one attached hydrogen (secondary N) is 1. The zero-order chi connectivity index (χ0) is 15.9. The van der Waals surface area contributed by atoms with Gasteiger partial charge in [-0.15, -0.1) is 0 Å². The van der Waals surface area contributed by atoms with E-state index in [4.69, 9.17) is 10.5 Å². The van der Waals surface area contributed by atoms with Crippen molar-refractivity contribution in [3.05, 3.63) is 59.8 Å². The van der Waals surface area contributed by atoms with Crippen molar-refractivity contribution in [2.75, 3.05) is 5.32 Å². The molecule has 0 aliphatic rings. The Morgan fingerprint density at radius 2 is 2.00 bits per heavy atom. The maximum absolute atomic E-state index is 12.4. The summed E-state index contributed by atoms with van der Waals surface area (Å²) in [4.78, 5) is 27.7. The number of esters is 1. The highest BCUT2D eigenvalue weighted by Crippen LogP contribution is 2.19. The molecule has 0 aliphatic heterocycles. The number of pyridine rings is 1. The molecule has 3 N–H and O–H groups in total. The van der Waals surface area contributed by atoms with E-state index in [9.17, 15) is 9.59 Å². The molecule has 22 heavy (non-hydrogen) atoms. The quantitative estimate of drug-likeness (QED) is 0.821. The lowest BCUT2D eigenvalue weighted by molar-refractivity contribution is -0.152. The van der Waals surface area contributed by atoms with E-state index in [-0.39, 0.29) is 0 Å². The molecule has 114 valence electrons. The van der Waals surface area contributed by atoms with Gasteiger partial charge in [0, 0.05) is 25.2 Å². The van der Waals surface area contributed by atoms with Crippen molar-refractivity contribution in [2.24, 2.45) is 5.73 Å². The highest BCUT2D eigenvalue weighted by atomic mass is 16.5. The first-order valence-corrected chi connectivity index (χ1v) is 6.78. The summed E-state index contributed by atoms with van der Waals surface area (Å²) in [6.45, 7) is 1.61. The highest BCUT2D eigenvalue weighted by Gasteiger charge is 2.24. The maximum Gasteiger partial charge on any atom is 0.303 e. The van der Waals surface area contributed by atoms with Crippen molar-refractivity contribution in [1.82, 2.24) is 4.98 Å². The Morgan fingerprint density at radius 3 is 2.64 bits per heavy atom. The summed E-state index contributed by atoms with van der Waals surface area (Å²) in [5.74, 6) is -0.642. The van der Waals surface area contributed by atoms with Crippen LogP contribution in [-0.4, -0.2) is 16.9 Å². The second-order valence-electron chi connectivity index (χ2n) is 4.64. The lowest BCUT2D eigenvalue weighted by atomic mass is 10.1. The Labute approximate surface area is 128 Å². The second kappa shape index (κ2) is 7.33. The zero-order valence-electron chi connectivity index (χ0n) is 12.2. The largest absolute Gasteiger partial charge is 0.447 e. The van der Waals surface area contributed by atoms with E-state index in [0.29, 0.717) is 17.9 Å². The topological polar surface area (TPSA) is 94.3 Å². The van der Waals surface area contributed by atoms with Gasteiger partial charge in [0.15, 0.2) is 0 Å². The molecule has 2 aromatic rings. The standard InChI is InChI=1S/C16H17N3O3/c1-11(20)22-15(13-5-3-2-4-6-13)16(21)19-14-9-12(10-17)7-8-18-14/h2-9,15H,10,17H2,1H3,(H,18,19,21)/t15-/m0/s1. The molecule has 1 atom stereocenters. The summed E-state index contributed by atoms with van der Waals surface area (Å²) in [5.41, 5.74) is 6.99. The average Bonchev–Trinajstić information content (AvgIpc) is 2.53. The molecule has 1 aromatic heterocycles. The van der Waals surface area contributed by atoms with E-state index in [1.54, 1.807) is 42.6 Å². The molecule has 6 nitrogen and oxygen atoms in total. The van der Waals surface area contributed by atoms with E-state index in [0.717, 1.165) is 5.56 Å². The van der Waals surface area contributed by atoms with E-state index in [1.165, 1.54) is 6.92 Å². The minimum atomic E-state index is -1.03. The maximum atomic E-state index is 12.4. The fourth-order valence-electron chi connectivity index (χ4n) is 1.93. The Hall–Kier alpha value is -2.73. The summed E-state index contributed by atoms with van der Waals surface area (Å²) in [5, 5.41) is 2.64. The number of ether oxygens (including phenoxy) is 1. The van der Waals surface area contributed by atoms with Gasteiger partial charge in [-0.1, -0.05) is 30.3 Å². The third-order valence-electron chi connectivity index (χ3n) is 2.94. The molecule has 0 unspecified atom stereocenters. The van der Waals surface area contributed by atoms with Crippen LogP contribution >= 0.6 is 0 Å². The van der Waals surface area contributed by atoms with Gasteiger partial charge in [-0.05, 0) is 17.7 Å². The molecule has 2 rings (SSSR count). The molecular weight excluding hydrogens is 282 g/mol. The lowest BCUT2D eigenvalue weighted by Gasteiger charge is -2.17. The van der Waals surface area contributed by atoms with Crippen LogP contribution in [-0.2, 0) is 20.9 Å². The summed E-state index contributed by atoms with van der Waals surface area (Å²) in [7, 11) is 0. The van der Waals surface area contributed by atoms with E-state index < -0.39 is 18.0 Å². The van der Waals surface area contributed by atoms with Crippen molar-refractivity contribution in [3.8, 4) is 0 Å². The molecule has 0 aliphatic carbocycles. The normalized spacial score (nSPS) is 11.5. The fourth-order valence-corrected chi connectivity index (χ4v) is 1.93. The Bertz CT molecular complexity index is 659. The van der Waals surface area contributed by atoms with Crippen molar-refractivity contribution in [3.63, 3.8) is 0 Å². The molecular formula is C16H17N3O3. The van der Waals surface area contributed by atoms with Crippen LogP contribution in [0.1, 0.15) is 24.2 Å². The van der Waals surface area contributed by atoms with Crippen LogP contribution in [0.5, 0.6) is 0 Å². The number of aromatic nitrogens is 1. The number of hydrogen-bond donors (Lipinski definition) is 2. The number of anilines is 1. The SMILES string of the molecule is CC(=O)O[C@H](C(=O)Nc1cc(CN)ccn1)c1ccccc1. The van der Waals surface area contributed by atoms with Gasteiger partial charge < -0.3 is 15.8 Å². The zero-order valence-corrected chi connectivity index (χ0v) is 12.2. The van der Waals surface area contributed by atoms with Crippen LogP contribution in [0.3, 0.4) is 0 Å².